The first-order valence-electron chi connectivity index (χ1n) is 7.68. The maximum atomic E-state index is 12.4. The summed E-state index contributed by atoms with van der Waals surface area (Å²) in [5, 5.41) is 0. The number of carbonyl (C=O) groups excluding carboxylic acids is 1. The predicted molar refractivity (Wildman–Crippen MR) is 84.4 cm³/mol. The van der Waals surface area contributed by atoms with E-state index >= 15 is 0 Å². The van der Waals surface area contributed by atoms with Gasteiger partial charge in [-0.2, -0.15) is 0 Å². The topological polar surface area (TPSA) is 46.3 Å². The Morgan fingerprint density at radius 3 is 2.40 bits per heavy atom. The van der Waals surface area contributed by atoms with Gasteiger partial charge in [0.2, 0.25) is 5.91 Å². The fourth-order valence-corrected chi connectivity index (χ4v) is 2.23. The van der Waals surface area contributed by atoms with Gasteiger partial charge in [-0.25, -0.2) is 0 Å². The minimum Gasteiger partial charge on any atom is -0.337 e. The monoisotopic (exact) mass is 276 g/mol. The van der Waals surface area contributed by atoms with Gasteiger partial charge < -0.3 is 10.6 Å². The second kappa shape index (κ2) is 8.75. The Morgan fingerprint density at radius 2 is 1.85 bits per heavy atom. The van der Waals surface area contributed by atoms with Crippen molar-refractivity contribution >= 4 is 5.91 Å². The highest BCUT2D eigenvalue weighted by Crippen LogP contribution is 2.10. The molecule has 1 aromatic carbocycles. The normalized spacial score (nSPS) is 12.2. The molecule has 20 heavy (non-hydrogen) atoms. The van der Waals surface area contributed by atoms with E-state index in [9.17, 15) is 4.79 Å². The van der Waals surface area contributed by atoms with Gasteiger partial charge >= 0.3 is 0 Å². The highest BCUT2D eigenvalue weighted by Gasteiger charge is 2.20. The molecule has 0 unspecified atom stereocenters. The van der Waals surface area contributed by atoms with E-state index in [1.54, 1.807) is 0 Å². The standard InChI is InChI=1S/C17H28N2O/c1-4-6-7-16(18)17(20)19(12-5-2)13-15-10-8-14(3)9-11-15/h8-11,16H,4-7,12-13,18H2,1-3H3/t16-/m0/s1. The summed E-state index contributed by atoms with van der Waals surface area (Å²) in [6, 6.07) is 7.99. The lowest BCUT2D eigenvalue weighted by Crippen LogP contribution is -2.43. The zero-order valence-corrected chi connectivity index (χ0v) is 13.1. The maximum absolute atomic E-state index is 12.4. The molecule has 112 valence electrons. The van der Waals surface area contributed by atoms with Gasteiger partial charge in [0, 0.05) is 13.1 Å². The summed E-state index contributed by atoms with van der Waals surface area (Å²) in [7, 11) is 0. The highest BCUT2D eigenvalue weighted by molar-refractivity contribution is 5.81. The van der Waals surface area contributed by atoms with Gasteiger partial charge in [0.15, 0.2) is 0 Å². The molecule has 0 radical (unpaired) electrons. The van der Waals surface area contributed by atoms with E-state index in [0.717, 1.165) is 32.2 Å². The lowest BCUT2D eigenvalue weighted by molar-refractivity contribution is -0.133. The summed E-state index contributed by atoms with van der Waals surface area (Å²) in [5.41, 5.74) is 8.43. The fraction of sp³-hybridized carbons (Fsp3) is 0.588. The van der Waals surface area contributed by atoms with Crippen molar-refractivity contribution in [3.63, 3.8) is 0 Å². The third-order valence-corrected chi connectivity index (χ3v) is 3.49. The second-order valence-electron chi connectivity index (χ2n) is 5.49. The van der Waals surface area contributed by atoms with Gasteiger partial charge in [0.25, 0.3) is 0 Å². The van der Waals surface area contributed by atoms with Crippen molar-refractivity contribution in [1.82, 2.24) is 4.90 Å². The van der Waals surface area contributed by atoms with Crippen LogP contribution in [0.4, 0.5) is 0 Å². The minimum atomic E-state index is -0.355. The molecule has 0 spiro atoms. The molecular formula is C17H28N2O. The molecule has 1 aromatic rings. The van der Waals surface area contributed by atoms with E-state index in [4.69, 9.17) is 5.73 Å². The first-order chi connectivity index (χ1) is 9.58. The number of amides is 1. The number of rotatable bonds is 8. The summed E-state index contributed by atoms with van der Waals surface area (Å²) in [6.45, 7) is 7.71. The number of carbonyl (C=O) groups is 1. The average Bonchev–Trinajstić information content (AvgIpc) is 2.45. The van der Waals surface area contributed by atoms with Crippen molar-refractivity contribution in [3.8, 4) is 0 Å². The lowest BCUT2D eigenvalue weighted by atomic mass is 10.1. The number of hydrogen-bond donors (Lipinski definition) is 1. The molecule has 3 heteroatoms. The predicted octanol–water partition coefficient (Wildman–Crippen LogP) is 3.25. The molecule has 0 heterocycles. The van der Waals surface area contributed by atoms with Crippen molar-refractivity contribution < 1.29 is 4.79 Å². The molecule has 1 rings (SSSR count). The van der Waals surface area contributed by atoms with Crippen molar-refractivity contribution in [2.75, 3.05) is 6.54 Å². The van der Waals surface area contributed by atoms with E-state index in [0.29, 0.717) is 6.54 Å². The molecule has 0 aromatic heterocycles. The molecule has 0 saturated heterocycles. The third-order valence-electron chi connectivity index (χ3n) is 3.49. The summed E-state index contributed by atoms with van der Waals surface area (Å²) in [5.74, 6) is 0.0841. The molecule has 0 bridgehead atoms. The van der Waals surface area contributed by atoms with Gasteiger partial charge in [0.05, 0.1) is 6.04 Å². The Hall–Kier alpha value is -1.35. The van der Waals surface area contributed by atoms with E-state index in [2.05, 4.69) is 45.0 Å². The Morgan fingerprint density at radius 1 is 1.20 bits per heavy atom. The Labute approximate surface area is 123 Å². The van der Waals surface area contributed by atoms with Crippen LogP contribution >= 0.6 is 0 Å². The van der Waals surface area contributed by atoms with Crippen LogP contribution in [0.1, 0.15) is 50.7 Å². The molecule has 0 aliphatic carbocycles. The molecule has 0 aliphatic heterocycles. The van der Waals surface area contributed by atoms with Crippen LogP contribution in [-0.2, 0) is 11.3 Å². The third kappa shape index (κ3) is 5.33. The van der Waals surface area contributed by atoms with Crippen LogP contribution in [0.5, 0.6) is 0 Å². The van der Waals surface area contributed by atoms with Crippen molar-refractivity contribution in [1.29, 1.82) is 0 Å². The number of benzene rings is 1. The van der Waals surface area contributed by atoms with Gasteiger partial charge in [-0.1, -0.05) is 56.5 Å². The Bertz CT molecular complexity index is 400. The second-order valence-corrected chi connectivity index (χ2v) is 5.49. The highest BCUT2D eigenvalue weighted by atomic mass is 16.2. The van der Waals surface area contributed by atoms with Gasteiger partial charge in [-0.15, -0.1) is 0 Å². The average molecular weight is 276 g/mol. The van der Waals surface area contributed by atoms with E-state index in [1.807, 2.05) is 4.90 Å². The van der Waals surface area contributed by atoms with Crippen LogP contribution in [0.15, 0.2) is 24.3 Å². The zero-order valence-electron chi connectivity index (χ0n) is 13.1. The minimum absolute atomic E-state index is 0.0841. The summed E-state index contributed by atoms with van der Waals surface area (Å²) in [4.78, 5) is 14.3. The SMILES string of the molecule is CCCC[C@H](N)C(=O)N(CCC)Cc1ccc(C)cc1. The van der Waals surface area contributed by atoms with Gasteiger partial charge in [-0.05, 0) is 25.3 Å². The van der Waals surface area contributed by atoms with Crippen LogP contribution in [0.2, 0.25) is 0 Å². The number of nitrogens with zero attached hydrogens (tertiary/aromatic N) is 1. The first-order valence-corrected chi connectivity index (χ1v) is 7.68. The number of aryl methyl sites for hydroxylation is 1. The number of nitrogens with two attached hydrogens (primary N) is 1. The van der Waals surface area contributed by atoms with Gasteiger partial charge in [0.1, 0.15) is 0 Å². The summed E-state index contributed by atoms with van der Waals surface area (Å²) >= 11 is 0. The van der Waals surface area contributed by atoms with Crippen LogP contribution in [0.3, 0.4) is 0 Å². The molecule has 1 atom stereocenters. The first kappa shape index (κ1) is 16.7. The van der Waals surface area contributed by atoms with Gasteiger partial charge in [-0.3, -0.25) is 4.79 Å². The Balaban J connectivity index is 2.67. The molecule has 3 nitrogen and oxygen atoms in total. The van der Waals surface area contributed by atoms with E-state index in [1.165, 1.54) is 11.1 Å². The Kier molecular flexibility index (Phi) is 7.31. The van der Waals surface area contributed by atoms with Crippen LogP contribution < -0.4 is 5.73 Å². The molecule has 0 aliphatic rings. The van der Waals surface area contributed by atoms with Crippen molar-refractivity contribution in [2.45, 2.75) is 59.0 Å². The molecular weight excluding hydrogens is 248 g/mol. The van der Waals surface area contributed by atoms with Crippen LogP contribution in [0.25, 0.3) is 0 Å². The smallest absolute Gasteiger partial charge is 0.239 e. The zero-order chi connectivity index (χ0) is 15.0. The molecule has 0 saturated carbocycles. The fourth-order valence-electron chi connectivity index (χ4n) is 2.23. The summed E-state index contributed by atoms with van der Waals surface area (Å²) in [6.07, 6.45) is 3.83. The molecule has 1 amide bonds. The van der Waals surface area contributed by atoms with E-state index < -0.39 is 0 Å². The van der Waals surface area contributed by atoms with Crippen LogP contribution in [-0.4, -0.2) is 23.4 Å². The van der Waals surface area contributed by atoms with Crippen molar-refractivity contribution in [3.05, 3.63) is 35.4 Å². The lowest BCUT2D eigenvalue weighted by Gasteiger charge is -2.25. The largest absolute Gasteiger partial charge is 0.337 e. The maximum Gasteiger partial charge on any atom is 0.239 e. The number of unbranched alkanes of at least 4 members (excludes halogenated alkanes) is 1. The van der Waals surface area contributed by atoms with E-state index in [-0.39, 0.29) is 11.9 Å². The molecule has 0 fully saturated rings. The van der Waals surface area contributed by atoms with Crippen molar-refractivity contribution in [2.24, 2.45) is 5.73 Å². The summed E-state index contributed by atoms with van der Waals surface area (Å²) < 4.78 is 0. The number of hydrogen-bond acceptors (Lipinski definition) is 2. The quantitative estimate of drug-likeness (QED) is 0.792. The van der Waals surface area contributed by atoms with Crippen LogP contribution in [0, 0.1) is 6.92 Å². The molecule has 2 N–H and O–H groups in total.